The molecular weight excluding hydrogens is 280 g/mol. The highest BCUT2D eigenvalue weighted by Gasteiger charge is 2.09. The molecule has 0 atom stereocenters. The number of aryl methyl sites for hydroxylation is 1. The first-order valence-corrected chi connectivity index (χ1v) is 6.73. The maximum atomic E-state index is 11.1. The fourth-order valence-electron chi connectivity index (χ4n) is 2.48. The standard InChI is InChI=1S/C14H18N2O3.ClH/c17-14-15-12-4-3-11(10-13(12)19-14)2-1-5-16-6-8-18-9-7-16;/h3-4,10H,1-2,5-9H2,(H,15,17);1H. The van der Waals surface area contributed by atoms with E-state index in [1.54, 1.807) is 0 Å². The lowest BCUT2D eigenvalue weighted by Gasteiger charge is -2.26. The molecule has 1 fully saturated rings. The zero-order chi connectivity index (χ0) is 13.1. The summed E-state index contributed by atoms with van der Waals surface area (Å²) in [6.07, 6.45) is 2.11. The van der Waals surface area contributed by atoms with E-state index in [2.05, 4.69) is 9.88 Å². The van der Waals surface area contributed by atoms with Gasteiger partial charge in [0.25, 0.3) is 0 Å². The molecule has 0 aliphatic carbocycles. The van der Waals surface area contributed by atoms with Crippen molar-refractivity contribution >= 4 is 23.5 Å². The summed E-state index contributed by atoms with van der Waals surface area (Å²) in [6.45, 7) is 4.86. The second-order valence-corrected chi connectivity index (χ2v) is 4.90. The molecule has 6 heteroatoms. The number of aromatic amines is 1. The molecule has 5 nitrogen and oxygen atoms in total. The van der Waals surface area contributed by atoms with E-state index >= 15 is 0 Å². The number of benzene rings is 1. The lowest BCUT2D eigenvalue weighted by Crippen LogP contribution is -2.36. The molecule has 1 aliphatic heterocycles. The SMILES string of the molecule is Cl.O=c1[nH]c2ccc(CCCN3CCOCC3)cc2o1. The highest BCUT2D eigenvalue weighted by Crippen LogP contribution is 2.14. The van der Waals surface area contributed by atoms with Crippen molar-refractivity contribution in [2.45, 2.75) is 12.8 Å². The minimum absolute atomic E-state index is 0. The minimum atomic E-state index is -0.388. The van der Waals surface area contributed by atoms with Gasteiger partial charge < -0.3 is 9.15 Å². The summed E-state index contributed by atoms with van der Waals surface area (Å²) in [5, 5.41) is 0. The Balaban J connectivity index is 0.00000147. The first kappa shape index (κ1) is 15.1. The second-order valence-electron chi connectivity index (χ2n) is 4.90. The van der Waals surface area contributed by atoms with E-state index in [4.69, 9.17) is 9.15 Å². The van der Waals surface area contributed by atoms with Crippen LogP contribution in [0.1, 0.15) is 12.0 Å². The highest BCUT2D eigenvalue weighted by atomic mass is 35.5. The molecule has 0 saturated carbocycles. The number of fused-ring (bicyclic) bond motifs is 1. The predicted octanol–water partition coefficient (Wildman–Crippen LogP) is 1.81. The largest absolute Gasteiger partial charge is 0.417 e. The summed E-state index contributed by atoms with van der Waals surface area (Å²) in [5.74, 6) is -0.388. The molecule has 0 amide bonds. The van der Waals surface area contributed by atoms with Gasteiger partial charge in [-0.05, 0) is 37.1 Å². The molecule has 110 valence electrons. The molecule has 1 N–H and O–H groups in total. The second kappa shape index (κ2) is 6.92. The Morgan fingerprint density at radius 3 is 2.85 bits per heavy atom. The van der Waals surface area contributed by atoms with Gasteiger partial charge in [-0.1, -0.05) is 6.07 Å². The molecule has 20 heavy (non-hydrogen) atoms. The zero-order valence-electron chi connectivity index (χ0n) is 11.3. The maximum Gasteiger partial charge on any atom is 0.417 e. The number of nitrogens with zero attached hydrogens (tertiary/aromatic N) is 1. The van der Waals surface area contributed by atoms with Crippen molar-refractivity contribution in [1.29, 1.82) is 0 Å². The molecule has 2 aromatic rings. The van der Waals surface area contributed by atoms with Crippen LogP contribution in [0.3, 0.4) is 0 Å². The van der Waals surface area contributed by atoms with Gasteiger partial charge in [0.15, 0.2) is 5.58 Å². The fraction of sp³-hybridized carbons (Fsp3) is 0.500. The van der Waals surface area contributed by atoms with Gasteiger partial charge in [0.2, 0.25) is 0 Å². The van der Waals surface area contributed by atoms with Crippen LogP contribution in [0.4, 0.5) is 0 Å². The maximum absolute atomic E-state index is 11.1. The van der Waals surface area contributed by atoms with Gasteiger partial charge in [-0.25, -0.2) is 4.79 Å². The molecule has 1 aromatic carbocycles. The Bertz CT molecular complexity index is 602. The van der Waals surface area contributed by atoms with Crippen LogP contribution in [-0.4, -0.2) is 42.7 Å². The van der Waals surface area contributed by atoms with Gasteiger partial charge >= 0.3 is 5.76 Å². The van der Waals surface area contributed by atoms with E-state index < -0.39 is 0 Å². The number of nitrogens with one attached hydrogen (secondary N) is 1. The highest BCUT2D eigenvalue weighted by molar-refractivity contribution is 5.85. The third kappa shape index (κ3) is 3.62. The van der Waals surface area contributed by atoms with Crippen molar-refractivity contribution in [3.63, 3.8) is 0 Å². The molecule has 0 radical (unpaired) electrons. The van der Waals surface area contributed by atoms with Gasteiger partial charge in [-0.15, -0.1) is 12.4 Å². The monoisotopic (exact) mass is 298 g/mol. The van der Waals surface area contributed by atoms with Gasteiger partial charge in [-0.2, -0.15) is 0 Å². The van der Waals surface area contributed by atoms with Crippen LogP contribution in [0.25, 0.3) is 11.1 Å². The summed E-state index contributed by atoms with van der Waals surface area (Å²) in [6, 6.07) is 5.91. The van der Waals surface area contributed by atoms with Crippen LogP contribution in [0.15, 0.2) is 27.4 Å². The van der Waals surface area contributed by atoms with Crippen molar-refractivity contribution in [3.05, 3.63) is 34.3 Å². The van der Waals surface area contributed by atoms with E-state index in [0.29, 0.717) is 5.58 Å². The minimum Gasteiger partial charge on any atom is -0.408 e. The molecular formula is C14H19ClN2O3. The summed E-state index contributed by atoms with van der Waals surface area (Å²) in [7, 11) is 0. The smallest absolute Gasteiger partial charge is 0.408 e. The van der Waals surface area contributed by atoms with Gasteiger partial charge in [0.1, 0.15) is 0 Å². The summed E-state index contributed by atoms with van der Waals surface area (Å²) in [5.41, 5.74) is 2.62. The van der Waals surface area contributed by atoms with Crippen LogP contribution in [0.5, 0.6) is 0 Å². The molecule has 1 aromatic heterocycles. The number of H-pyrrole nitrogens is 1. The van der Waals surface area contributed by atoms with E-state index in [1.165, 1.54) is 5.56 Å². The topological polar surface area (TPSA) is 58.5 Å². The Kier molecular flexibility index (Phi) is 5.23. The van der Waals surface area contributed by atoms with Crippen molar-refractivity contribution in [3.8, 4) is 0 Å². The van der Waals surface area contributed by atoms with Gasteiger partial charge in [0.05, 0.1) is 18.7 Å². The number of rotatable bonds is 4. The number of halogens is 1. The Morgan fingerprint density at radius 2 is 2.05 bits per heavy atom. The number of ether oxygens (including phenoxy) is 1. The average Bonchev–Trinajstić information content (AvgIpc) is 2.79. The lowest BCUT2D eigenvalue weighted by atomic mass is 10.1. The molecule has 0 unspecified atom stereocenters. The van der Waals surface area contributed by atoms with Gasteiger partial charge in [0, 0.05) is 13.1 Å². The molecule has 1 aliphatic rings. The van der Waals surface area contributed by atoms with Crippen LogP contribution in [0.2, 0.25) is 0 Å². The number of hydrogen-bond acceptors (Lipinski definition) is 4. The molecule has 3 rings (SSSR count). The van der Waals surface area contributed by atoms with Crippen LogP contribution in [0, 0.1) is 0 Å². The first-order valence-electron chi connectivity index (χ1n) is 6.73. The van der Waals surface area contributed by atoms with E-state index in [0.717, 1.165) is 51.2 Å². The van der Waals surface area contributed by atoms with E-state index in [-0.39, 0.29) is 18.2 Å². The van der Waals surface area contributed by atoms with Crippen LogP contribution < -0.4 is 5.76 Å². The third-order valence-electron chi connectivity index (χ3n) is 3.53. The summed E-state index contributed by atoms with van der Waals surface area (Å²) in [4.78, 5) is 16.2. The van der Waals surface area contributed by atoms with Crippen molar-refractivity contribution < 1.29 is 9.15 Å². The number of oxazole rings is 1. The van der Waals surface area contributed by atoms with Crippen LogP contribution >= 0.6 is 12.4 Å². The Labute approximate surface area is 123 Å². The normalized spacial score (nSPS) is 16.2. The fourth-order valence-corrected chi connectivity index (χ4v) is 2.48. The Morgan fingerprint density at radius 1 is 1.25 bits per heavy atom. The molecule has 2 heterocycles. The van der Waals surface area contributed by atoms with Gasteiger partial charge in [-0.3, -0.25) is 9.88 Å². The third-order valence-corrected chi connectivity index (χ3v) is 3.53. The van der Waals surface area contributed by atoms with Crippen molar-refractivity contribution in [2.75, 3.05) is 32.8 Å². The molecule has 0 spiro atoms. The van der Waals surface area contributed by atoms with Crippen molar-refractivity contribution in [1.82, 2.24) is 9.88 Å². The lowest BCUT2D eigenvalue weighted by molar-refractivity contribution is 0.0375. The average molecular weight is 299 g/mol. The van der Waals surface area contributed by atoms with Crippen LogP contribution in [-0.2, 0) is 11.2 Å². The molecule has 1 saturated heterocycles. The summed E-state index contributed by atoms with van der Waals surface area (Å²) >= 11 is 0. The quantitative estimate of drug-likeness (QED) is 0.935. The van der Waals surface area contributed by atoms with E-state index in [9.17, 15) is 4.79 Å². The number of aromatic nitrogens is 1. The number of morpholine rings is 1. The number of hydrogen-bond donors (Lipinski definition) is 1. The van der Waals surface area contributed by atoms with E-state index in [1.807, 2.05) is 18.2 Å². The predicted molar refractivity (Wildman–Crippen MR) is 79.7 cm³/mol. The molecule has 0 bridgehead atoms. The first-order chi connectivity index (χ1) is 9.31. The zero-order valence-corrected chi connectivity index (χ0v) is 12.1. The van der Waals surface area contributed by atoms with Crippen molar-refractivity contribution in [2.24, 2.45) is 0 Å². The Hall–Kier alpha value is -1.30. The summed E-state index contributed by atoms with van der Waals surface area (Å²) < 4.78 is 10.4.